The monoisotopic (exact) mass is 736 g/mol. The molecule has 0 aromatic heterocycles. The van der Waals surface area contributed by atoms with Gasteiger partial charge in [-0.1, -0.05) is 99.2 Å². The predicted molar refractivity (Wildman–Crippen MR) is 180 cm³/mol. The van der Waals surface area contributed by atoms with Gasteiger partial charge >= 0.3 is 24.3 Å². The van der Waals surface area contributed by atoms with E-state index in [1.807, 2.05) is 13.8 Å². The maximum absolute atomic E-state index is 15.0. The van der Waals surface area contributed by atoms with Gasteiger partial charge in [0, 0.05) is 36.7 Å². The first-order chi connectivity index (χ1) is 24.4. The zero-order chi connectivity index (χ0) is 38.3. The molecule has 0 saturated heterocycles. The highest BCUT2D eigenvalue weighted by Gasteiger charge is 2.68. The molecule has 3 aliphatic rings. The number of esters is 2. The first-order valence-corrected chi connectivity index (χ1v) is 17.4. The number of alkyl halides is 6. The molecule has 0 amide bonds. The Morgan fingerprint density at radius 2 is 1.37 bits per heavy atom. The van der Waals surface area contributed by atoms with Crippen molar-refractivity contribution in [3.05, 3.63) is 95.6 Å². The maximum atomic E-state index is 15.0. The quantitative estimate of drug-likeness (QED) is 0.179. The van der Waals surface area contributed by atoms with Crippen LogP contribution >= 0.6 is 0 Å². The Kier molecular flexibility index (Phi) is 10.9. The molecule has 0 unspecified atom stereocenters. The van der Waals surface area contributed by atoms with Crippen molar-refractivity contribution in [3.8, 4) is 0 Å². The van der Waals surface area contributed by atoms with Crippen molar-refractivity contribution in [3.63, 3.8) is 0 Å². The number of fused-ring (bicyclic) bond motifs is 3. The van der Waals surface area contributed by atoms with E-state index < -0.39 is 76.1 Å². The molecule has 0 N–H and O–H groups in total. The molecule has 2 saturated carbocycles. The summed E-state index contributed by atoms with van der Waals surface area (Å²) in [6, 6.07) is 13.0. The Bertz CT molecular complexity index is 1660. The Labute approximate surface area is 300 Å². The van der Waals surface area contributed by atoms with Crippen molar-refractivity contribution in [2.45, 2.75) is 89.0 Å². The highest BCUT2D eigenvalue weighted by molar-refractivity contribution is 5.83. The summed E-state index contributed by atoms with van der Waals surface area (Å²) in [5, 5.41) is 0. The number of ether oxygens (including phenoxy) is 4. The number of carbonyl (C=O) groups is 2. The van der Waals surface area contributed by atoms with E-state index in [9.17, 15) is 22.8 Å². The summed E-state index contributed by atoms with van der Waals surface area (Å²) in [7, 11) is 1.58. The zero-order valence-electron chi connectivity index (χ0n) is 30.0. The summed E-state index contributed by atoms with van der Waals surface area (Å²) >= 11 is 0. The third kappa shape index (κ3) is 6.27. The van der Waals surface area contributed by atoms with Crippen LogP contribution in [0.25, 0.3) is 0 Å². The van der Waals surface area contributed by atoms with Gasteiger partial charge in [-0.2, -0.15) is 26.3 Å². The molecule has 5 rings (SSSR count). The average Bonchev–Trinajstić information content (AvgIpc) is 3.08. The van der Waals surface area contributed by atoms with Gasteiger partial charge in [0.25, 0.3) is 11.2 Å². The van der Waals surface area contributed by atoms with Gasteiger partial charge in [0.1, 0.15) is 6.10 Å². The van der Waals surface area contributed by atoms with Crippen molar-refractivity contribution in [1.82, 2.24) is 0 Å². The van der Waals surface area contributed by atoms with Crippen LogP contribution in [-0.4, -0.2) is 51.2 Å². The molecular weight excluding hydrogens is 690 g/mol. The molecule has 52 heavy (non-hydrogen) atoms. The minimum atomic E-state index is -5.22. The lowest BCUT2D eigenvalue weighted by molar-refractivity contribution is -0.286. The molecule has 2 aromatic rings. The van der Waals surface area contributed by atoms with Gasteiger partial charge in [-0.05, 0) is 61.9 Å². The van der Waals surface area contributed by atoms with Gasteiger partial charge < -0.3 is 18.9 Å². The van der Waals surface area contributed by atoms with Crippen molar-refractivity contribution >= 4 is 11.9 Å². The first-order valence-electron chi connectivity index (χ1n) is 17.4. The second-order valence-electron chi connectivity index (χ2n) is 14.9. The van der Waals surface area contributed by atoms with Crippen LogP contribution in [-0.2, 0) is 39.7 Å². The Morgan fingerprint density at radius 1 is 0.846 bits per heavy atom. The van der Waals surface area contributed by atoms with Gasteiger partial charge in [0.05, 0.1) is 6.61 Å². The Morgan fingerprint density at radius 3 is 1.85 bits per heavy atom. The van der Waals surface area contributed by atoms with Crippen LogP contribution in [0.2, 0.25) is 0 Å². The molecule has 284 valence electrons. The van der Waals surface area contributed by atoms with Crippen LogP contribution in [0.5, 0.6) is 0 Å². The van der Waals surface area contributed by atoms with E-state index in [2.05, 4.69) is 6.58 Å². The molecule has 8 atom stereocenters. The minimum Gasteiger partial charge on any atom is -0.462 e. The Balaban J connectivity index is 1.59. The normalized spacial score (nSPS) is 30.2. The van der Waals surface area contributed by atoms with Crippen LogP contribution in [0.3, 0.4) is 0 Å². The molecule has 0 radical (unpaired) electrons. The van der Waals surface area contributed by atoms with Gasteiger partial charge in [0.15, 0.2) is 0 Å². The van der Waals surface area contributed by atoms with Gasteiger partial charge in [-0.25, -0.2) is 9.59 Å². The molecule has 2 aromatic carbocycles. The van der Waals surface area contributed by atoms with Crippen LogP contribution in [0.1, 0.15) is 70.4 Å². The van der Waals surface area contributed by atoms with Crippen molar-refractivity contribution in [2.24, 2.45) is 28.6 Å². The second kappa shape index (κ2) is 14.3. The fraction of sp³-hybridized carbons (Fsp3) is 0.550. The summed E-state index contributed by atoms with van der Waals surface area (Å²) in [6.45, 7) is 9.16. The van der Waals surface area contributed by atoms with Crippen molar-refractivity contribution in [2.75, 3.05) is 20.8 Å². The average molecular weight is 737 g/mol. The van der Waals surface area contributed by atoms with Crippen molar-refractivity contribution in [1.29, 1.82) is 0 Å². The molecule has 6 nitrogen and oxygen atoms in total. The molecule has 2 fully saturated rings. The van der Waals surface area contributed by atoms with Gasteiger partial charge in [0.2, 0.25) is 0 Å². The molecule has 3 aliphatic carbocycles. The third-order valence-electron chi connectivity index (χ3n) is 12.3. The Hall–Kier alpha value is -3.64. The number of hydrogen-bond donors (Lipinski definition) is 0. The first kappa shape index (κ1) is 39.6. The SMILES string of the molecule is C=CC1=C(C)[C@@H]2C[C@@H](OC(=O)[C@](OC)(c3ccccc3)C(F)(F)F)[C@H]3[C@](C)(COC(=O)[C@](OC)(c4ccccc4)C(F)(F)F)CCC[C@]3(C)[C@H]2CC1. The van der Waals surface area contributed by atoms with Crippen LogP contribution in [0.4, 0.5) is 26.3 Å². The number of carbonyl (C=O) groups excluding carboxylic acids is 2. The molecule has 0 spiro atoms. The predicted octanol–water partition coefficient (Wildman–Crippen LogP) is 9.39. The van der Waals surface area contributed by atoms with E-state index >= 15 is 13.2 Å². The molecule has 0 aliphatic heterocycles. The fourth-order valence-electron chi connectivity index (χ4n) is 9.90. The summed E-state index contributed by atoms with van der Waals surface area (Å²) < 4.78 is 111. The second-order valence-corrected chi connectivity index (χ2v) is 14.9. The zero-order valence-corrected chi connectivity index (χ0v) is 30.0. The van der Waals surface area contributed by atoms with Gasteiger partial charge in [-0.15, -0.1) is 0 Å². The number of halogens is 6. The summed E-state index contributed by atoms with van der Waals surface area (Å²) in [5.74, 6) is -4.19. The summed E-state index contributed by atoms with van der Waals surface area (Å²) in [5.41, 5.74) is -7.55. The highest BCUT2D eigenvalue weighted by Crippen LogP contribution is 2.65. The van der Waals surface area contributed by atoms with E-state index in [1.54, 1.807) is 13.0 Å². The minimum absolute atomic E-state index is 0.00737. The lowest BCUT2D eigenvalue weighted by atomic mass is 9.43. The van der Waals surface area contributed by atoms with E-state index in [4.69, 9.17) is 18.9 Å². The number of methoxy groups -OCH3 is 2. The lowest BCUT2D eigenvalue weighted by Gasteiger charge is -2.63. The highest BCUT2D eigenvalue weighted by atomic mass is 19.4. The van der Waals surface area contributed by atoms with Crippen LogP contribution in [0.15, 0.2) is 84.5 Å². The van der Waals surface area contributed by atoms with E-state index in [1.165, 1.54) is 36.4 Å². The third-order valence-corrected chi connectivity index (χ3v) is 12.3. The van der Waals surface area contributed by atoms with Crippen molar-refractivity contribution < 1.29 is 54.9 Å². The van der Waals surface area contributed by atoms with E-state index in [-0.39, 0.29) is 18.3 Å². The number of benzene rings is 2. The van der Waals surface area contributed by atoms with Gasteiger partial charge in [-0.3, -0.25) is 0 Å². The lowest BCUT2D eigenvalue weighted by Crippen LogP contribution is -2.62. The van der Waals surface area contributed by atoms with E-state index in [0.29, 0.717) is 19.3 Å². The summed E-state index contributed by atoms with van der Waals surface area (Å²) in [4.78, 5) is 27.8. The maximum Gasteiger partial charge on any atom is 0.432 e. The van der Waals surface area contributed by atoms with Crippen LogP contribution in [0, 0.1) is 28.6 Å². The molecular formula is C40H46F6O6. The van der Waals surface area contributed by atoms with Crippen LogP contribution < -0.4 is 0 Å². The largest absolute Gasteiger partial charge is 0.462 e. The number of rotatable bonds is 10. The molecule has 0 heterocycles. The summed E-state index contributed by atoms with van der Waals surface area (Å²) in [6.07, 6.45) is -6.61. The standard InChI is InChI=1S/C40H46F6O6/c1-7-26-19-20-30-29(25(26)2)23-31(52-34(48)38(50-6,40(44,45)46)28-17-12-9-13-18-28)32-35(3,21-14-22-36(30,32)4)24-51-33(47)37(49-5,39(41,42)43)27-15-10-8-11-16-27/h7-13,15-18,29-32H,1,14,19-24H2,2-6H3/t29-,30-,31+,32-,35-,36+,37+,38+/m0/s1. The fourth-order valence-corrected chi connectivity index (χ4v) is 9.90. The number of allylic oxidation sites excluding steroid dienone is 3. The molecule has 0 bridgehead atoms. The van der Waals surface area contributed by atoms with E-state index in [0.717, 1.165) is 62.5 Å². The molecule has 12 heteroatoms. The smallest absolute Gasteiger partial charge is 0.432 e. The topological polar surface area (TPSA) is 71.1 Å². The number of hydrogen-bond acceptors (Lipinski definition) is 6.